The molecule has 2 aliphatic rings. The first-order valence-electron chi connectivity index (χ1n) is 10.3. The lowest BCUT2D eigenvalue weighted by Gasteiger charge is -2.11. The fraction of sp³-hybridized carbons (Fsp3) is 0.333. The molecule has 1 N–H and O–H groups in total. The molecule has 0 spiro atoms. The summed E-state index contributed by atoms with van der Waals surface area (Å²) in [4.78, 5) is 17.4. The number of carbonyl (C=O) groups excluding carboxylic acids is 1. The third kappa shape index (κ3) is 3.47. The number of carbonyl (C=O) groups is 1. The van der Waals surface area contributed by atoms with Crippen LogP contribution in [0.1, 0.15) is 41.8 Å². The average Bonchev–Trinajstić information content (AvgIpc) is 3.34. The quantitative estimate of drug-likeness (QED) is 0.731. The molecule has 1 amide bonds. The highest BCUT2D eigenvalue weighted by Gasteiger charge is 2.15. The first-order valence-corrected chi connectivity index (χ1v) is 10.3. The van der Waals surface area contributed by atoms with Gasteiger partial charge in [0.05, 0.1) is 12.1 Å². The molecule has 0 unspecified atom stereocenters. The van der Waals surface area contributed by atoms with E-state index in [9.17, 15) is 4.79 Å². The zero-order valence-corrected chi connectivity index (χ0v) is 16.1. The number of rotatable bonds is 4. The Balaban J connectivity index is 1.30. The number of benzene rings is 2. The van der Waals surface area contributed by atoms with Crippen LogP contribution in [0.3, 0.4) is 0 Å². The number of fused-ring (bicyclic) bond motifs is 2. The Morgan fingerprint density at radius 2 is 1.93 bits per heavy atom. The van der Waals surface area contributed by atoms with Crippen molar-refractivity contribution in [2.75, 3.05) is 5.32 Å². The number of aromatic nitrogens is 2. The summed E-state index contributed by atoms with van der Waals surface area (Å²) >= 11 is 0. The second-order valence-corrected chi connectivity index (χ2v) is 7.96. The monoisotopic (exact) mass is 371 g/mol. The smallest absolute Gasteiger partial charge is 0.228 e. The van der Waals surface area contributed by atoms with Crippen LogP contribution in [-0.2, 0) is 37.0 Å². The van der Waals surface area contributed by atoms with Gasteiger partial charge in [0.1, 0.15) is 5.82 Å². The van der Waals surface area contributed by atoms with Crippen LogP contribution in [0.25, 0.3) is 11.3 Å². The summed E-state index contributed by atoms with van der Waals surface area (Å²) in [5.41, 5.74) is 6.82. The first kappa shape index (κ1) is 17.2. The lowest BCUT2D eigenvalue weighted by Crippen LogP contribution is -2.14. The minimum Gasteiger partial charge on any atom is -0.334 e. The van der Waals surface area contributed by atoms with Crippen molar-refractivity contribution in [3.8, 4) is 11.3 Å². The maximum absolute atomic E-state index is 12.6. The molecule has 1 aliphatic carbocycles. The fourth-order valence-corrected chi connectivity index (χ4v) is 4.43. The molecule has 0 saturated heterocycles. The number of hydrogen-bond donors (Lipinski definition) is 1. The SMILES string of the molecule is O=C(Cc1ccc2c(c1)CCC2)Nc1cccc(-c2cn3c(n2)CCCC3)c1. The predicted octanol–water partition coefficient (Wildman–Crippen LogP) is 4.56. The van der Waals surface area contributed by atoms with Crippen LogP contribution >= 0.6 is 0 Å². The summed E-state index contributed by atoms with van der Waals surface area (Å²) in [5.74, 6) is 1.20. The van der Waals surface area contributed by atoms with E-state index in [2.05, 4.69) is 40.3 Å². The van der Waals surface area contributed by atoms with Crippen molar-refractivity contribution in [3.63, 3.8) is 0 Å². The van der Waals surface area contributed by atoms with Gasteiger partial charge < -0.3 is 9.88 Å². The summed E-state index contributed by atoms with van der Waals surface area (Å²) in [5, 5.41) is 3.06. The van der Waals surface area contributed by atoms with Crippen LogP contribution in [0.5, 0.6) is 0 Å². The Morgan fingerprint density at radius 3 is 2.86 bits per heavy atom. The largest absolute Gasteiger partial charge is 0.334 e. The van der Waals surface area contributed by atoms with E-state index < -0.39 is 0 Å². The van der Waals surface area contributed by atoms with Gasteiger partial charge in [-0.3, -0.25) is 4.79 Å². The molecule has 0 radical (unpaired) electrons. The van der Waals surface area contributed by atoms with Gasteiger partial charge in [-0.1, -0.05) is 30.3 Å². The molecule has 0 fully saturated rings. The summed E-state index contributed by atoms with van der Waals surface area (Å²) < 4.78 is 2.26. The Morgan fingerprint density at radius 1 is 1.00 bits per heavy atom. The zero-order chi connectivity index (χ0) is 18.9. The number of aryl methyl sites for hydroxylation is 4. The lowest BCUT2D eigenvalue weighted by atomic mass is 10.0. The van der Waals surface area contributed by atoms with Crippen molar-refractivity contribution >= 4 is 11.6 Å². The number of imidazole rings is 1. The Labute approximate surface area is 165 Å². The molecule has 2 heterocycles. The van der Waals surface area contributed by atoms with Gasteiger partial charge in [-0.05, 0) is 60.9 Å². The zero-order valence-electron chi connectivity index (χ0n) is 16.1. The van der Waals surface area contributed by atoms with Crippen molar-refractivity contribution in [3.05, 3.63) is 71.2 Å². The molecule has 142 valence electrons. The van der Waals surface area contributed by atoms with Crippen molar-refractivity contribution < 1.29 is 4.79 Å². The molecule has 1 aromatic heterocycles. The maximum Gasteiger partial charge on any atom is 0.228 e. The van der Waals surface area contributed by atoms with Crippen LogP contribution in [0, 0.1) is 0 Å². The highest BCUT2D eigenvalue weighted by Crippen LogP contribution is 2.26. The van der Waals surface area contributed by atoms with Gasteiger partial charge in [-0.2, -0.15) is 0 Å². The summed E-state index contributed by atoms with van der Waals surface area (Å²) in [6.45, 7) is 1.06. The molecule has 1 aliphatic heterocycles. The van der Waals surface area contributed by atoms with E-state index in [0.717, 1.165) is 41.9 Å². The minimum absolute atomic E-state index is 0.0271. The first-order chi connectivity index (χ1) is 13.7. The van der Waals surface area contributed by atoms with E-state index in [0.29, 0.717) is 6.42 Å². The second-order valence-electron chi connectivity index (χ2n) is 7.96. The minimum atomic E-state index is 0.0271. The molecule has 2 aromatic carbocycles. The molecule has 0 saturated carbocycles. The van der Waals surface area contributed by atoms with Crippen LogP contribution in [0.15, 0.2) is 48.7 Å². The third-order valence-corrected chi connectivity index (χ3v) is 5.88. The molecule has 4 heteroatoms. The van der Waals surface area contributed by atoms with Crippen molar-refractivity contribution in [1.82, 2.24) is 9.55 Å². The predicted molar refractivity (Wildman–Crippen MR) is 111 cm³/mol. The molecule has 0 bridgehead atoms. The van der Waals surface area contributed by atoms with Crippen LogP contribution in [0.2, 0.25) is 0 Å². The van der Waals surface area contributed by atoms with Gasteiger partial charge in [0.25, 0.3) is 0 Å². The van der Waals surface area contributed by atoms with Gasteiger partial charge in [-0.15, -0.1) is 0 Å². The topological polar surface area (TPSA) is 46.9 Å². The maximum atomic E-state index is 12.6. The number of nitrogens with zero attached hydrogens (tertiary/aromatic N) is 2. The van der Waals surface area contributed by atoms with E-state index in [1.807, 2.05) is 18.2 Å². The van der Waals surface area contributed by atoms with Crippen LogP contribution in [-0.4, -0.2) is 15.5 Å². The highest BCUT2D eigenvalue weighted by molar-refractivity contribution is 5.92. The average molecular weight is 371 g/mol. The number of amides is 1. The second kappa shape index (κ2) is 7.27. The van der Waals surface area contributed by atoms with E-state index in [1.54, 1.807) is 0 Å². The number of hydrogen-bond acceptors (Lipinski definition) is 2. The Kier molecular flexibility index (Phi) is 4.47. The van der Waals surface area contributed by atoms with E-state index >= 15 is 0 Å². The number of anilines is 1. The molecular formula is C24H25N3O. The fourth-order valence-electron chi connectivity index (χ4n) is 4.43. The molecule has 0 atom stereocenters. The van der Waals surface area contributed by atoms with Crippen molar-refractivity contribution in [1.29, 1.82) is 0 Å². The van der Waals surface area contributed by atoms with Crippen LogP contribution in [0.4, 0.5) is 5.69 Å². The molecule has 28 heavy (non-hydrogen) atoms. The molecular weight excluding hydrogens is 346 g/mol. The Hall–Kier alpha value is -2.88. The van der Waals surface area contributed by atoms with E-state index in [1.165, 1.54) is 42.6 Å². The van der Waals surface area contributed by atoms with Crippen LogP contribution < -0.4 is 5.32 Å². The van der Waals surface area contributed by atoms with Crippen molar-refractivity contribution in [2.45, 2.75) is 51.5 Å². The summed E-state index contributed by atoms with van der Waals surface area (Å²) in [7, 11) is 0. The molecule has 5 rings (SSSR count). The van der Waals surface area contributed by atoms with Crippen molar-refractivity contribution in [2.24, 2.45) is 0 Å². The lowest BCUT2D eigenvalue weighted by molar-refractivity contribution is -0.115. The normalized spacial score (nSPS) is 15.1. The van der Waals surface area contributed by atoms with Gasteiger partial charge in [0, 0.05) is 30.4 Å². The highest BCUT2D eigenvalue weighted by atomic mass is 16.1. The van der Waals surface area contributed by atoms with Gasteiger partial charge >= 0.3 is 0 Å². The van der Waals surface area contributed by atoms with E-state index in [4.69, 9.17) is 4.98 Å². The molecule has 3 aromatic rings. The Bertz CT molecular complexity index is 1010. The van der Waals surface area contributed by atoms with Gasteiger partial charge in [0.2, 0.25) is 5.91 Å². The summed E-state index contributed by atoms with van der Waals surface area (Å²) in [6, 6.07) is 14.5. The van der Waals surface area contributed by atoms with Gasteiger partial charge in [-0.25, -0.2) is 4.98 Å². The van der Waals surface area contributed by atoms with Gasteiger partial charge in [0.15, 0.2) is 0 Å². The standard InChI is InChI=1S/C24H25N3O/c28-24(14-17-10-11-18-5-3-6-19(18)13-17)25-21-8-4-7-20(15-21)22-16-27-12-2-1-9-23(27)26-22/h4,7-8,10-11,13,15-16H,1-3,5-6,9,12,14H2,(H,25,28). The third-order valence-electron chi connectivity index (χ3n) is 5.88. The molecule has 4 nitrogen and oxygen atoms in total. The summed E-state index contributed by atoms with van der Waals surface area (Å²) in [6.07, 6.45) is 9.59. The number of nitrogens with one attached hydrogen (secondary N) is 1. The van der Waals surface area contributed by atoms with E-state index in [-0.39, 0.29) is 5.91 Å².